The van der Waals surface area contributed by atoms with Crippen molar-refractivity contribution in [1.82, 2.24) is 0 Å². The Morgan fingerprint density at radius 2 is 1.68 bits per heavy atom. The monoisotopic (exact) mass is 403 g/mol. The summed E-state index contributed by atoms with van der Waals surface area (Å²) in [5, 5.41) is 11.8. The van der Waals surface area contributed by atoms with Crippen molar-refractivity contribution >= 4 is 21.5 Å². The number of carbonyl (C=O) groups excluding carboxylic acids is 1. The van der Waals surface area contributed by atoms with E-state index >= 15 is 0 Å². The van der Waals surface area contributed by atoms with Crippen LogP contribution in [0.25, 0.3) is 5.57 Å². The molecule has 0 aromatic heterocycles. The van der Waals surface area contributed by atoms with E-state index in [1.54, 1.807) is 50.3 Å². The average Bonchev–Trinajstić information content (AvgIpc) is 2.61. The summed E-state index contributed by atoms with van der Waals surface area (Å²) in [5.41, 5.74) is 2.84. The third-order valence-corrected chi connectivity index (χ3v) is 5.25. The van der Waals surface area contributed by atoms with E-state index in [1.165, 1.54) is 24.3 Å². The molecular formula is C21H16NaO5S-. The van der Waals surface area contributed by atoms with Crippen molar-refractivity contribution in [1.29, 1.82) is 0 Å². The first-order valence-corrected chi connectivity index (χ1v) is 9.57. The van der Waals surface area contributed by atoms with Crippen LogP contribution >= 0.6 is 0 Å². The molecule has 0 saturated carbocycles. The minimum Gasteiger partial charge on any atom is -0.872 e. The molecule has 0 aliphatic heterocycles. The molecule has 3 rings (SSSR count). The zero-order valence-corrected chi connectivity index (χ0v) is 18.5. The van der Waals surface area contributed by atoms with E-state index in [2.05, 4.69) is 0 Å². The molecular weight excluding hydrogens is 387 g/mol. The van der Waals surface area contributed by atoms with Crippen molar-refractivity contribution in [2.24, 2.45) is 0 Å². The van der Waals surface area contributed by atoms with Crippen LogP contribution in [0.5, 0.6) is 5.75 Å². The maximum Gasteiger partial charge on any atom is 1.00 e. The van der Waals surface area contributed by atoms with Crippen LogP contribution in [0, 0.1) is 6.92 Å². The molecule has 138 valence electrons. The van der Waals surface area contributed by atoms with Crippen LogP contribution in [0.3, 0.4) is 0 Å². The number of aryl methyl sites for hydroxylation is 1. The second-order valence-electron chi connectivity index (χ2n) is 6.29. The summed E-state index contributed by atoms with van der Waals surface area (Å²) in [6.45, 7) is 3.32. The Bertz CT molecular complexity index is 1140. The number of ketones is 1. The molecule has 0 spiro atoms. The van der Waals surface area contributed by atoms with Gasteiger partial charge in [0.25, 0.3) is 0 Å². The van der Waals surface area contributed by atoms with Gasteiger partial charge in [-0.1, -0.05) is 48.0 Å². The first-order valence-electron chi connectivity index (χ1n) is 8.17. The SMILES string of the molecule is CC1=C/C(=C(\c2ccc([O-])c(C)c2)c2ccccc2S(=O)(=O)[O-])C=CC1=O.[Na+]. The second kappa shape index (κ2) is 8.59. The van der Waals surface area contributed by atoms with Gasteiger partial charge in [0.05, 0.1) is 4.90 Å². The molecule has 1 aliphatic rings. The predicted octanol–water partition coefficient (Wildman–Crippen LogP) is -0.136. The van der Waals surface area contributed by atoms with E-state index in [4.69, 9.17) is 0 Å². The maximum absolute atomic E-state index is 11.8. The van der Waals surface area contributed by atoms with Gasteiger partial charge in [-0.2, -0.15) is 0 Å². The predicted molar refractivity (Wildman–Crippen MR) is 99.0 cm³/mol. The van der Waals surface area contributed by atoms with Crippen LogP contribution in [0.1, 0.15) is 23.6 Å². The molecule has 0 radical (unpaired) electrons. The molecule has 28 heavy (non-hydrogen) atoms. The van der Waals surface area contributed by atoms with Crippen LogP contribution in [0.4, 0.5) is 0 Å². The minimum absolute atomic E-state index is 0. The molecule has 0 N–H and O–H groups in total. The minimum atomic E-state index is -4.73. The van der Waals surface area contributed by atoms with Crippen LogP contribution in [-0.4, -0.2) is 18.8 Å². The molecule has 0 amide bonds. The summed E-state index contributed by atoms with van der Waals surface area (Å²) in [5.74, 6) is -0.289. The Balaban J connectivity index is 0.00000280. The molecule has 1 aliphatic carbocycles. The summed E-state index contributed by atoms with van der Waals surface area (Å²) < 4.78 is 35.4. The standard InChI is InChI=1S/C21H18O5S.Na/c1-13-11-15(7-9-18(13)22)21(16-8-10-19(23)14(2)12-16)17-5-3-4-6-20(17)27(24,25)26;/h3-12,22H,1-2H3,(H,24,25,26);/q;+1/p-2/b21-16+;. The van der Waals surface area contributed by atoms with Gasteiger partial charge in [0.2, 0.25) is 0 Å². The smallest absolute Gasteiger partial charge is 0.872 e. The molecule has 0 saturated heterocycles. The maximum atomic E-state index is 11.8. The quantitative estimate of drug-likeness (QED) is 0.525. The fraction of sp³-hybridized carbons (Fsp3) is 0.0952. The number of allylic oxidation sites excluding steroid dienone is 5. The van der Waals surface area contributed by atoms with E-state index in [0.29, 0.717) is 27.8 Å². The van der Waals surface area contributed by atoms with Gasteiger partial charge in [0.1, 0.15) is 10.1 Å². The largest absolute Gasteiger partial charge is 1.00 e. The number of rotatable bonds is 3. The third-order valence-electron chi connectivity index (χ3n) is 4.35. The van der Waals surface area contributed by atoms with E-state index in [0.717, 1.165) is 0 Å². The van der Waals surface area contributed by atoms with Crippen molar-refractivity contribution in [2.45, 2.75) is 18.7 Å². The van der Waals surface area contributed by atoms with Crippen molar-refractivity contribution in [2.75, 3.05) is 0 Å². The van der Waals surface area contributed by atoms with Gasteiger partial charge in [-0.25, -0.2) is 8.42 Å². The topological polar surface area (TPSA) is 97.3 Å². The van der Waals surface area contributed by atoms with E-state index in [-0.39, 0.29) is 51.5 Å². The second-order valence-corrected chi connectivity index (χ2v) is 7.63. The van der Waals surface area contributed by atoms with Gasteiger partial charge < -0.3 is 9.66 Å². The first-order chi connectivity index (χ1) is 12.7. The Labute approximate surface area is 186 Å². The number of carbonyl (C=O) groups is 1. The third kappa shape index (κ3) is 4.54. The van der Waals surface area contributed by atoms with Gasteiger partial charge in [-0.15, -0.1) is 5.75 Å². The van der Waals surface area contributed by atoms with Crippen molar-refractivity contribution in [3.8, 4) is 5.75 Å². The Morgan fingerprint density at radius 1 is 1.00 bits per heavy atom. The molecule has 7 heteroatoms. The molecule has 2 aromatic carbocycles. The van der Waals surface area contributed by atoms with E-state index in [1.807, 2.05) is 0 Å². The fourth-order valence-electron chi connectivity index (χ4n) is 2.98. The van der Waals surface area contributed by atoms with Crippen LogP contribution < -0.4 is 34.7 Å². The van der Waals surface area contributed by atoms with Crippen LogP contribution in [0.15, 0.2) is 76.7 Å². The van der Waals surface area contributed by atoms with Crippen molar-refractivity contribution in [3.05, 3.63) is 88.5 Å². The Hall–Kier alpha value is -1.96. The summed E-state index contributed by atoms with van der Waals surface area (Å²) in [6.07, 6.45) is 4.62. The van der Waals surface area contributed by atoms with Crippen LogP contribution in [0.2, 0.25) is 0 Å². The normalized spacial score (nSPS) is 15.7. The molecule has 0 atom stereocenters. The van der Waals surface area contributed by atoms with Gasteiger partial charge in [0.15, 0.2) is 5.78 Å². The number of hydrogen-bond donors (Lipinski definition) is 0. The molecule has 5 nitrogen and oxygen atoms in total. The molecule has 2 aromatic rings. The van der Waals surface area contributed by atoms with Gasteiger partial charge in [-0.05, 0) is 54.3 Å². The average molecular weight is 403 g/mol. The Kier molecular flexibility index (Phi) is 6.85. The van der Waals surface area contributed by atoms with Crippen LogP contribution in [-0.2, 0) is 14.9 Å². The summed E-state index contributed by atoms with van der Waals surface area (Å²) >= 11 is 0. The van der Waals surface area contributed by atoms with Crippen molar-refractivity contribution in [3.63, 3.8) is 0 Å². The Morgan fingerprint density at radius 3 is 2.29 bits per heavy atom. The zero-order valence-electron chi connectivity index (χ0n) is 15.7. The first kappa shape index (κ1) is 22.3. The zero-order chi connectivity index (χ0) is 19.8. The van der Waals surface area contributed by atoms with E-state index in [9.17, 15) is 22.9 Å². The number of hydrogen-bond acceptors (Lipinski definition) is 5. The summed E-state index contributed by atoms with van der Waals surface area (Å²) in [7, 11) is -4.73. The van der Waals surface area contributed by atoms with Gasteiger partial charge in [0, 0.05) is 5.56 Å². The summed E-state index contributed by atoms with van der Waals surface area (Å²) in [4.78, 5) is 11.4. The van der Waals surface area contributed by atoms with Gasteiger partial charge >= 0.3 is 29.6 Å². The number of benzene rings is 2. The molecule has 0 unspecified atom stereocenters. The van der Waals surface area contributed by atoms with Gasteiger partial charge in [-0.3, -0.25) is 4.79 Å². The summed E-state index contributed by atoms with van der Waals surface area (Å²) in [6, 6.07) is 10.5. The molecule has 0 heterocycles. The van der Waals surface area contributed by atoms with E-state index < -0.39 is 10.1 Å². The molecule has 0 bridgehead atoms. The molecule has 0 fully saturated rings. The van der Waals surface area contributed by atoms with Crippen molar-refractivity contribution < 1.29 is 52.4 Å². The fourth-order valence-corrected chi connectivity index (χ4v) is 3.66.